The first-order valence-electron chi connectivity index (χ1n) is 11.8. The summed E-state index contributed by atoms with van der Waals surface area (Å²) in [5, 5.41) is 15.3. The molecule has 180 valence electrons. The monoisotopic (exact) mass is 496 g/mol. The number of carbonyl (C=O) groups is 1. The Morgan fingerprint density at radius 1 is 1.03 bits per heavy atom. The largest absolute Gasteiger partial charge is 0.369 e. The van der Waals surface area contributed by atoms with Crippen LogP contribution in [0.3, 0.4) is 0 Å². The van der Waals surface area contributed by atoms with Gasteiger partial charge in [0.05, 0.1) is 5.75 Å². The summed E-state index contributed by atoms with van der Waals surface area (Å²) in [6, 6.07) is 18.8. The van der Waals surface area contributed by atoms with Crippen LogP contribution in [0.15, 0.2) is 58.9 Å². The van der Waals surface area contributed by atoms with Crippen LogP contribution in [0.4, 0.5) is 16.5 Å². The molecule has 0 aliphatic carbocycles. The van der Waals surface area contributed by atoms with Crippen molar-refractivity contribution in [3.05, 3.63) is 60.2 Å². The summed E-state index contributed by atoms with van der Waals surface area (Å²) < 4.78 is 0.802. The van der Waals surface area contributed by atoms with Crippen LogP contribution in [0.2, 0.25) is 0 Å². The molecular weight excluding hydrogens is 464 g/mol. The number of amides is 1. The van der Waals surface area contributed by atoms with Crippen LogP contribution >= 0.6 is 23.1 Å². The smallest absolute Gasteiger partial charge is 0.234 e. The molecule has 2 heterocycles. The number of piperazine rings is 1. The number of nitrogens with one attached hydrogen (secondary N) is 2. The lowest BCUT2D eigenvalue weighted by atomic mass is 10.2. The quantitative estimate of drug-likeness (QED) is 0.292. The van der Waals surface area contributed by atoms with Gasteiger partial charge in [-0.25, -0.2) is 0 Å². The van der Waals surface area contributed by atoms with E-state index in [-0.39, 0.29) is 5.91 Å². The Labute approximate surface area is 210 Å². The molecule has 34 heavy (non-hydrogen) atoms. The molecule has 0 unspecified atom stereocenters. The van der Waals surface area contributed by atoms with Crippen LogP contribution in [0.25, 0.3) is 0 Å². The van der Waals surface area contributed by atoms with E-state index in [1.807, 2.05) is 12.1 Å². The summed E-state index contributed by atoms with van der Waals surface area (Å²) >= 11 is 2.90. The molecule has 9 heteroatoms. The van der Waals surface area contributed by atoms with Gasteiger partial charge in [-0.3, -0.25) is 9.69 Å². The van der Waals surface area contributed by atoms with E-state index >= 15 is 0 Å². The van der Waals surface area contributed by atoms with Crippen molar-refractivity contribution in [3.63, 3.8) is 0 Å². The van der Waals surface area contributed by atoms with Crippen LogP contribution in [0.1, 0.15) is 25.3 Å². The Morgan fingerprint density at radius 2 is 1.79 bits per heavy atom. The predicted octanol–water partition coefficient (Wildman–Crippen LogP) is 4.80. The molecule has 7 nitrogen and oxygen atoms in total. The number of anilines is 3. The van der Waals surface area contributed by atoms with E-state index in [1.165, 1.54) is 34.3 Å². The van der Waals surface area contributed by atoms with Gasteiger partial charge in [-0.1, -0.05) is 66.8 Å². The topological polar surface area (TPSA) is 73.4 Å². The van der Waals surface area contributed by atoms with Gasteiger partial charge >= 0.3 is 0 Å². The summed E-state index contributed by atoms with van der Waals surface area (Å²) in [4.78, 5) is 17.3. The fraction of sp³-hybridized carbons (Fsp3) is 0.400. The minimum absolute atomic E-state index is 0.0389. The Balaban J connectivity index is 1.18. The van der Waals surface area contributed by atoms with Crippen LogP contribution in [0.5, 0.6) is 0 Å². The summed E-state index contributed by atoms with van der Waals surface area (Å²) in [7, 11) is 0. The second-order valence-electron chi connectivity index (χ2n) is 8.29. The van der Waals surface area contributed by atoms with E-state index in [9.17, 15) is 4.79 Å². The second kappa shape index (κ2) is 12.7. The molecule has 0 spiro atoms. The van der Waals surface area contributed by atoms with Gasteiger partial charge in [0.25, 0.3) is 0 Å². The number of thioether (sulfide) groups is 1. The summed E-state index contributed by atoms with van der Waals surface area (Å²) in [5.74, 6) is 0.275. The van der Waals surface area contributed by atoms with Crippen LogP contribution in [0, 0.1) is 0 Å². The van der Waals surface area contributed by atoms with Gasteiger partial charge in [0, 0.05) is 50.6 Å². The number of unbranched alkanes of at least 4 members (excludes halogenated alkanes) is 1. The molecular formula is C25H32N6OS2. The highest BCUT2D eigenvalue weighted by atomic mass is 32.2. The van der Waals surface area contributed by atoms with Crippen molar-refractivity contribution in [2.75, 3.05) is 54.0 Å². The fourth-order valence-corrected chi connectivity index (χ4v) is 5.37. The zero-order chi connectivity index (χ0) is 23.6. The van der Waals surface area contributed by atoms with Gasteiger partial charge in [-0.15, -0.1) is 10.2 Å². The lowest BCUT2D eigenvalue weighted by Crippen LogP contribution is -2.45. The van der Waals surface area contributed by atoms with Crippen molar-refractivity contribution in [3.8, 4) is 0 Å². The van der Waals surface area contributed by atoms with E-state index < -0.39 is 0 Å². The molecule has 1 amide bonds. The van der Waals surface area contributed by atoms with Gasteiger partial charge in [-0.05, 0) is 36.2 Å². The van der Waals surface area contributed by atoms with E-state index in [4.69, 9.17) is 0 Å². The minimum Gasteiger partial charge on any atom is -0.369 e. The van der Waals surface area contributed by atoms with Gasteiger partial charge in [0.1, 0.15) is 0 Å². The maximum absolute atomic E-state index is 12.4. The predicted molar refractivity (Wildman–Crippen MR) is 143 cm³/mol. The third kappa shape index (κ3) is 7.44. The first-order chi connectivity index (χ1) is 16.7. The first kappa shape index (κ1) is 24.5. The Kier molecular flexibility index (Phi) is 9.18. The molecule has 3 aromatic rings. The average Bonchev–Trinajstić information content (AvgIpc) is 3.32. The van der Waals surface area contributed by atoms with Crippen molar-refractivity contribution in [2.24, 2.45) is 0 Å². The number of hydrogen-bond acceptors (Lipinski definition) is 8. The summed E-state index contributed by atoms with van der Waals surface area (Å²) in [6.07, 6.45) is 2.24. The van der Waals surface area contributed by atoms with Crippen LogP contribution in [-0.4, -0.2) is 59.5 Å². The van der Waals surface area contributed by atoms with Crippen LogP contribution < -0.4 is 15.5 Å². The molecule has 1 aromatic heterocycles. The van der Waals surface area contributed by atoms with Crippen molar-refractivity contribution in [1.29, 1.82) is 0 Å². The molecule has 0 radical (unpaired) electrons. The van der Waals surface area contributed by atoms with Crippen LogP contribution in [-0.2, 0) is 11.3 Å². The average molecular weight is 497 g/mol. The normalized spacial score (nSPS) is 14.2. The zero-order valence-electron chi connectivity index (χ0n) is 19.6. The SMILES string of the molecule is CCCCNc1nnc(SCC(=O)Nc2ccc(N3CCN(Cc4ccccc4)CC3)cc2)s1. The van der Waals surface area contributed by atoms with Crippen molar-refractivity contribution >= 4 is 45.5 Å². The van der Waals surface area contributed by atoms with E-state index in [1.54, 1.807) is 0 Å². The van der Waals surface area contributed by atoms with Gasteiger partial charge < -0.3 is 15.5 Å². The Bertz CT molecular complexity index is 1020. The molecule has 2 N–H and O–H groups in total. The molecule has 0 saturated carbocycles. The Morgan fingerprint density at radius 3 is 2.53 bits per heavy atom. The highest BCUT2D eigenvalue weighted by molar-refractivity contribution is 8.01. The molecule has 1 fully saturated rings. The summed E-state index contributed by atoms with van der Waals surface area (Å²) in [5.41, 5.74) is 3.38. The standard InChI is InChI=1S/C25H32N6OS2/c1-2-3-13-26-24-28-29-25(34-24)33-19-23(32)27-21-9-11-22(12-10-21)31-16-14-30(15-17-31)18-20-7-5-4-6-8-20/h4-12H,2-3,13-19H2,1H3,(H,26,28)(H,27,32). The van der Waals surface area contributed by atoms with E-state index in [0.717, 1.165) is 67.3 Å². The second-order valence-corrected chi connectivity index (χ2v) is 10.5. The number of hydrogen-bond donors (Lipinski definition) is 2. The number of nitrogens with zero attached hydrogens (tertiary/aromatic N) is 4. The maximum atomic E-state index is 12.4. The lowest BCUT2D eigenvalue weighted by Gasteiger charge is -2.36. The number of carbonyl (C=O) groups excluding carboxylic acids is 1. The molecule has 0 atom stereocenters. The maximum Gasteiger partial charge on any atom is 0.234 e. The van der Waals surface area contributed by atoms with Gasteiger partial charge in [-0.2, -0.15) is 0 Å². The number of benzene rings is 2. The first-order valence-corrected chi connectivity index (χ1v) is 13.6. The molecule has 1 aliphatic heterocycles. The van der Waals surface area contributed by atoms with E-state index in [0.29, 0.717) is 5.75 Å². The van der Waals surface area contributed by atoms with E-state index in [2.05, 4.69) is 80.0 Å². The van der Waals surface area contributed by atoms with Crippen molar-refractivity contribution < 1.29 is 4.79 Å². The van der Waals surface area contributed by atoms with Gasteiger partial charge in [0.15, 0.2) is 4.34 Å². The highest BCUT2D eigenvalue weighted by Crippen LogP contribution is 2.26. The Hall–Kier alpha value is -2.62. The highest BCUT2D eigenvalue weighted by Gasteiger charge is 2.17. The number of rotatable bonds is 11. The lowest BCUT2D eigenvalue weighted by molar-refractivity contribution is -0.113. The third-order valence-corrected chi connectivity index (χ3v) is 7.69. The molecule has 2 aromatic carbocycles. The fourth-order valence-electron chi connectivity index (χ4n) is 3.80. The molecule has 4 rings (SSSR count). The van der Waals surface area contributed by atoms with Crippen molar-refractivity contribution in [2.45, 2.75) is 30.6 Å². The third-order valence-electron chi connectivity index (χ3n) is 5.68. The molecule has 1 saturated heterocycles. The van der Waals surface area contributed by atoms with Gasteiger partial charge in [0.2, 0.25) is 11.0 Å². The molecule has 1 aliphatic rings. The molecule has 0 bridgehead atoms. The van der Waals surface area contributed by atoms with Crippen molar-refractivity contribution in [1.82, 2.24) is 15.1 Å². The summed E-state index contributed by atoms with van der Waals surface area (Å²) in [6.45, 7) is 8.17. The number of aromatic nitrogens is 2. The minimum atomic E-state index is -0.0389. The zero-order valence-corrected chi connectivity index (χ0v) is 21.2.